The molecule has 0 bridgehead atoms. The van der Waals surface area contributed by atoms with E-state index in [1.165, 1.54) is 0 Å². The summed E-state index contributed by atoms with van der Waals surface area (Å²) in [5.41, 5.74) is 5.10. The van der Waals surface area contributed by atoms with E-state index in [-0.39, 0.29) is 6.54 Å². The second-order valence-corrected chi connectivity index (χ2v) is 9.77. The molecule has 0 spiro atoms. The lowest BCUT2D eigenvalue weighted by Crippen LogP contribution is -2.37. The summed E-state index contributed by atoms with van der Waals surface area (Å²) in [5, 5.41) is 2.86. The second-order valence-electron chi connectivity index (χ2n) is 7.86. The van der Waals surface area contributed by atoms with Crippen LogP contribution in [0.5, 0.6) is 5.75 Å². The topological polar surface area (TPSA) is 75.7 Å². The molecule has 168 valence electrons. The molecular formula is C25H28N2O4S. The van der Waals surface area contributed by atoms with E-state index in [2.05, 4.69) is 5.32 Å². The molecule has 7 heteroatoms. The maximum absolute atomic E-state index is 12.7. The molecule has 6 nitrogen and oxygen atoms in total. The Hall–Kier alpha value is -3.32. The minimum Gasteiger partial charge on any atom is -0.489 e. The molecule has 0 aromatic heterocycles. The van der Waals surface area contributed by atoms with Crippen LogP contribution in [0.4, 0.5) is 11.4 Å². The van der Waals surface area contributed by atoms with E-state index in [9.17, 15) is 13.2 Å². The fraction of sp³-hybridized carbons (Fsp3) is 0.240. The van der Waals surface area contributed by atoms with E-state index >= 15 is 0 Å². The molecule has 0 heterocycles. The van der Waals surface area contributed by atoms with Crippen LogP contribution in [-0.2, 0) is 21.4 Å². The van der Waals surface area contributed by atoms with Gasteiger partial charge in [-0.3, -0.25) is 9.10 Å². The summed E-state index contributed by atoms with van der Waals surface area (Å²) in [4.78, 5) is 12.7. The zero-order valence-corrected chi connectivity index (χ0v) is 19.6. The standard InChI is InChI=1S/C25H28N2O4S/c1-18-14-19(2)25(20(3)15-18)26-24(28)16-27(32(4,29)30)22-10-12-23(13-11-22)31-17-21-8-6-5-7-9-21/h5-15H,16-17H2,1-4H3,(H,26,28). The minimum absolute atomic E-state index is 0.324. The van der Waals surface area contributed by atoms with Gasteiger partial charge >= 0.3 is 0 Å². The fourth-order valence-corrected chi connectivity index (χ4v) is 4.39. The van der Waals surface area contributed by atoms with Crippen molar-refractivity contribution >= 4 is 27.3 Å². The first kappa shape index (κ1) is 23.3. The number of carbonyl (C=O) groups is 1. The SMILES string of the molecule is Cc1cc(C)c(NC(=O)CN(c2ccc(OCc3ccccc3)cc2)S(C)(=O)=O)c(C)c1. The Labute approximate surface area is 189 Å². The number of nitrogens with one attached hydrogen (secondary N) is 1. The van der Waals surface area contributed by atoms with Crippen molar-refractivity contribution in [2.45, 2.75) is 27.4 Å². The van der Waals surface area contributed by atoms with Gasteiger partial charge in [-0.15, -0.1) is 0 Å². The van der Waals surface area contributed by atoms with E-state index in [0.29, 0.717) is 23.7 Å². The van der Waals surface area contributed by atoms with E-state index in [0.717, 1.165) is 32.8 Å². The van der Waals surface area contributed by atoms with Crippen molar-refractivity contribution < 1.29 is 17.9 Å². The van der Waals surface area contributed by atoms with Gasteiger partial charge in [-0.25, -0.2) is 8.42 Å². The highest BCUT2D eigenvalue weighted by Crippen LogP contribution is 2.24. The molecule has 1 N–H and O–H groups in total. The van der Waals surface area contributed by atoms with Gasteiger partial charge in [0.2, 0.25) is 15.9 Å². The van der Waals surface area contributed by atoms with Crippen molar-refractivity contribution in [1.29, 1.82) is 0 Å². The second kappa shape index (κ2) is 9.87. The zero-order valence-electron chi connectivity index (χ0n) is 18.8. The summed E-state index contributed by atoms with van der Waals surface area (Å²) in [5.74, 6) is 0.205. The van der Waals surface area contributed by atoms with Crippen LogP contribution in [0, 0.1) is 20.8 Å². The Morgan fingerprint density at radius 1 is 0.938 bits per heavy atom. The van der Waals surface area contributed by atoms with Gasteiger partial charge in [0.1, 0.15) is 18.9 Å². The van der Waals surface area contributed by atoms with Gasteiger partial charge in [0, 0.05) is 5.69 Å². The minimum atomic E-state index is -3.67. The van der Waals surface area contributed by atoms with Crippen LogP contribution < -0.4 is 14.4 Å². The molecule has 0 fully saturated rings. The number of hydrogen-bond donors (Lipinski definition) is 1. The Balaban J connectivity index is 1.72. The summed E-state index contributed by atoms with van der Waals surface area (Å²) < 4.78 is 31.7. The maximum Gasteiger partial charge on any atom is 0.245 e. The van der Waals surface area contributed by atoms with Gasteiger partial charge in [0.15, 0.2) is 0 Å². The van der Waals surface area contributed by atoms with E-state index in [4.69, 9.17) is 4.74 Å². The number of aryl methyl sites for hydroxylation is 3. The van der Waals surface area contributed by atoms with E-state index in [1.807, 2.05) is 63.2 Å². The lowest BCUT2D eigenvalue weighted by atomic mass is 10.1. The number of ether oxygens (including phenoxy) is 1. The predicted molar refractivity (Wildman–Crippen MR) is 129 cm³/mol. The van der Waals surface area contributed by atoms with Crippen molar-refractivity contribution in [3.8, 4) is 5.75 Å². The van der Waals surface area contributed by atoms with E-state index in [1.54, 1.807) is 24.3 Å². The lowest BCUT2D eigenvalue weighted by Gasteiger charge is -2.23. The van der Waals surface area contributed by atoms with Crippen LogP contribution in [0.1, 0.15) is 22.3 Å². The molecule has 0 unspecified atom stereocenters. The Bertz CT molecular complexity index is 1170. The van der Waals surface area contributed by atoms with Crippen LogP contribution in [-0.4, -0.2) is 27.1 Å². The molecule has 32 heavy (non-hydrogen) atoms. The molecule has 0 saturated carbocycles. The molecule has 0 radical (unpaired) electrons. The monoisotopic (exact) mass is 452 g/mol. The third-order valence-corrected chi connectivity index (χ3v) is 6.14. The third kappa shape index (κ3) is 6.11. The van der Waals surface area contributed by atoms with Gasteiger partial charge in [-0.2, -0.15) is 0 Å². The Morgan fingerprint density at radius 3 is 2.09 bits per heavy atom. The number of anilines is 2. The molecule has 3 aromatic carbocycles. The number of sulfonamides is 1. The fourth-order valence-electron chi connectivity index (χ4n) is 3.54. The zero-order chi connectivity index (χ0) is 23.3. The smallest absolute Gasteiger partial charge is 0.245 e. The largest absolute Gasteiger partial charge is 0.489 e. The highest BCUT2D eigenvalue weighted by Gasteiger charge is 2.21. The molecular weight excluding hydrogens is 424 g/mol. The number of carbonyl (C=O) groups excluding carboxylic acids is 1. The maximum atomic E-state index is 12.7. The first-order chi connectivity index (χ1) is 15.1. The first-order valence-electron chi connectivity index (χ1n) is 10.3. The molecule has 0 aliphatic heterocycles. The number of rotatable bonds is 8. The van der Waals surface area contributed by atoms with Crippen LogP contribution >= 0.6 is 0 Å². The average molecular weight is 453 g/mol. The Kier molecular flexibility index (Phi) is 7.20. The number of benzene rings is 3. The quantitative estimate of drug-likeness (QED) is 0.542. The van der Waals surface area contributed by atoms with Gasteiger partial charge in [0.25, 0.3) is 0 Å². The highest BCUT2D eigenvalue weighted by molar-refractivity contribution is 7.92. The summed E-state index contributed by atoms with van der Waals surface area (Å²) in [6.07, 6.45) is 1.09. The van der Waals surface area contributed by atoms with Gasteiger partial charge < -0.3 is 10.1 Å². The molecule has 0 aliphatic rings. The summed E-state index contributed by atoms with van der Waals surface area (Å²) >= 11 is 0. The molecule has 1 amide bonds. The normalized spacial score (nSPS) is 11.1. The van der Waals surface area contributed by atoms with Crippen molar-refractivity contribution in [2.75, 3.05) is 22.4 Å². The van der Waals surface area contributed by atoms with Gasteiger partial charge in [0.05, 0.1) is 11.9 Å². The predicted octanol–water partition coefficient (Wildman–Crippen LogP) is 4.60. The third-order valence-electron chi connectivity index (χ3n) is 5.00. The molecule has 0 atom stereocenters. The number of hydrogen-bond acceptors (Lipinski definition) is 4. The summed E-state index contributed by atoms with van der Waals surface area (Å²) in [6.45, 7) is 5.91. The lowest BCUT2D eigenvalue weighted by molar-refractivity contribution is -0.114. The molecule has 0 saturated heterocycles. The first-order valence-corrected chi connectivity index (χ1v) is 12.1. The number of nitrogens with zero attached hydrogens (tertiary/aromatic N) is 1. The van der Waals surface area contributed by atoms with Crippen LogP contribution in [0.3, 0.4) is 0 Å². The average Bonchev–Trinajstić information content (AvgIpc) is 2.73. The summed E-state index contributed by atoms with van der Waals surface area (Å²) in [7, 11) is -3.67. The van der Waals surface area contributed by atoms with Crippen molar-refractivity contribution in [2.24, 2.45) is 0 Å². The number of amides is 1. The molecule has 0 aliphatic carbocycles. The summed E-state index contributed by atoms with van der Waals surface area (Å²) in [6, 6.07) is 20.4. The van der Waals surface area contributed by atoms with Crippen molar-refractivity contribution in [3.63, 3.8) is 0 Å². The van der Waals surface area contributed by atoms with Gasteiger partial charge in [-0.1, -0.05) is 48.0 Å². The van der Waals surface area contributed by atoms with Crippen LogP contribution in [0.25, 0.3) is 0 Å². The van der Waals surface area contributed by atoms with Crippen LogP contribution in [0.2, 0.25) is 0 Å². The van der Waals surface area contributed by atoms with Crippen molar-refractivity contribution in [3.05, 3.63) is 89.0 Å². The molecule has 3 aromatic rings. The van der Waals surface area contributed by atoms with Crippen LogP contribution in [0.15, 0.2) is 66.7 Å². The Morgan fingerprint density at radius 2 is 1.53 bits per heavy atom. The highest BCUT2D eigenvalue weighted by atomic mass is 32.2. The van der Waals surface area contributed by atoms with Gasteiger partial charge in [-0.05, 0) is 61.7 Å². The van der Waals surface area contributed by atoms with Crippen molar-refractivity contribution in [1.82, 2.24) is 0 Å². The molecule has 3 rings (SSSR count). The van der Waals surface area contributed by atoms with E-state index < -0.39 is 15.9 Å².